The Kier molecular flexibility index (Phi) is 5.64. The number of likely N-dealkylation sites (tertiary alicyclic amines) is 2. The summed E-state index contributed by atoms with van der Waals surface area (Å²) in [5.41, 5.74) is 0. The second-order valence-corrected chi connectivity index (χ2v) is 6.26. The van der Waals surface area contributed by atoms with Gasteiger partial charge in [-0.15, -0.1) is 0 Å². The van der Waals surface area contributed by atoms with Crippen molar-refractivity contribution in [2.24, 2.45) is 5.92 Å². The van der Waals surface area contributed by atoms with Crippen LogP contribution in [0.5, 0.6) is 0 Å². The highest BCUT2D eigenvalue weighted by Crippen LogP contribution is 2.19. The zero-order chi connectivity index (χ0) is 13.7. The lowest BCUT2D eigenvalue weighted by Gasteiger charge is -2.38. The van der Waals surface area contributed by atoms with Crippen LogP contribution in [0.25, 0.3) is 0 Å². The molecule has 4 nitrogen and oxygen atoms in total. The molecule has 2 fully saturated rings. The van der Waals surface area contributed by atoms with Crippen molar-refractivity contribution >= 4 is 5.91 Å². The van der Waals surface area contributed by atoms with Gasteiger partial charge in [0.25, 0.3) is 0 Å². The van der Waals surface area contributed by atoms with Crippen molar-refractivity contribution in [2.45, 2.75) is 45.1 Å². The zero-order valence-corrected chi connectivity index (χ0v) is 12.5. The number of piperidine rings is 2. The predicted molar refractivity (Wildman–Crippen MR) is 78.1 cm³/mol. The highest BCUT2D eigenvalue weighted by atomic mass is 16.2. The molecule has 0 saturated carbocycles. The van der Waals surface area contributed by atoms with E-state index in [0.29, 0.717) is 24.4 Å². The van der Waals surface area contributed by atoms with Crippen LogP contribution in [0, 0.1) is 5.92 Å². The van der Waals surface area contributed by atoms with E-state index in [1.165, 1.54) is 32.1 Å². The number of amides is 1. The number of hydrogen-bond acceptors (Lipinski definition) is 3. The minimum atomic E-state index is 0.342. The molecule has 1 amide bonds. The summed E-state index contributed by atoms with van der Waals surface area (Å²) >= 11 is 0. The van der Waals surface area contributed by atoms with Gasteiger partial charge in [-0.1, -0.05) is 13.3 Å². The van der Waals surface area contributed by atoms with Crippen LogP contribution in [0.4, 0.5) is 0 Å². The van der Waals surface area contributed by atoms with Gasteiger partial charge in [-0.05, 0) is 45.2 Å². The van der Waals surface area contributed by atoms with Gasteiger partial charge in [-0.2, -0.15) is 0 Å². The highest BCUT2D eigenvalue weighted by molar-refractivity contribution is 5.78. The molecule has 0 spiro atoms. The molecule has 19 heavy (non-hydrogen) atoms. The Bertz CT molecular complexity index is 293. The summed E-state index contributed by atoms with van der Waals surface area (Å²) < 4.78 is 0. The van der Waals surface area contributed by atoms with Crippen molar-refractivity contribution in [3.8, 4) is 0 Å². The van der Waals surface area contributed by atoms with Gasteiger partial charge < -0.3 is 10.2 Å². The van der Waals surface area contributed by atoms with Gasteiger partial charge >= 0.3 is 0 Å². The second kappa shape index (κ2) is 7.25. The van der Waals surface area contributed by atoms with Gasteiger partial charge in [0.05, 0.1) is 6.54 Å². The minimum absolute atomic E-state index is 0.342. The molecule has 2 unspecified atom stereocenters. The van der Waals surface area contributed by atoms with Crippen LogP contribution in [0.1, 0.15) is 39.0 Å². The molecule has 2 heterocycles. The van der Waals surface area contributed by atoms with E-state index in [1.807, 2.05) is 7.05 Å². The van der Waals surface area contributed by atoms with Crippen molar-refractivity contribution in [1.82, 2.24) is 15.1 Å². The van der Waals surface area contributed by atoms with E-state index in [2.05, 4.69) is 22.0 Å². The quantitative estimate of drug-likeness (QED) is 0.834. The maximum absolute atomic E-state index is 12.4. The van der Waals surface area contributed by atoms with E-state index < -0.39 is 0 Å². The maximum atomic E-state index is 12.4. The van der Waals surface area contributed by atoms with Gasteiger partial charge in [-0.3, -0.25) is 9.69 Å². The van der Waals surface area contributed by atoms with Crippen LogP contribution in [0.3, 0.4) is 0 Å². The van der Waals surface area contributed by atoms with Crippen molar-refractivity contribution in [2.75, 3.05) is 39.8 Å². The highest BCUT2D eigenvalue weighted by Gasteiger charge is 2.27. The summed E-state index contributed by atoms with van der Waals surface area (Å²) in [5, 5.41) is 3.26. The Morgan fingerprint density at radius 2 is 2.05 bits per heavy atom. The lowest BCUT2D eigenvalue weighted by atomic mass is 9.99. The molecule has 2 aliphatic rings. The molecule has 0 bridgehead atoms. The third-order valence-corrected chi connectivity index (χ3v) is 4.54. The van der Waals surface area contributed by atoms with Crippen LogP contribution in [-0.2, 0) is 4.79 Å². The smallest absolute Gasteiger partial charge is 0.236 e. The molecule has 2 saturated heterocycles. The largest absolute Gasteiger partial charge is 0.341 e. The van der Waals surface area contributed by atoms with Crippen LogP contribution in [-0.4, -0.2) is 61.5 Å². The summed E-state index contributed by atoms with van der Waals surface area (Å²) in [6.45, 7) is 6.89. The van der Waals surface area contributed by atoms with Crippen LogP contribution < -0.4 is 5.32 Å². The number of carbonyl (C=O) groups excluding carboxylic acids is 1. The normalized spacial score (nSPS) is 29.5. The number of rotatable bonds is 4. The first-order chi connectivity index (χ1) is 9.20. The number of likely N-dealkylation sites (N-methyl/N-ethyl adjacent to an activating group) is 1. The van der Waals surface area contributed by atoms with Crippen molar-refractivity contribution in [1.29, 1.82) is 0 Å². The fourth-order valence-corrected chi connectivity index (χ4v) is 3.42. The minimum Gasteiger partial charge on any atom is -0.341 e. The van der Waals surface area contributed by atoms with E-state index in [9.17, 15) is 4.79 Å². The van der Waals surface area contributed by atoms with Gasteiger partial charge in [0, 0.05) is 25.7 Å². The summed E-state index contributed by atoms with van der Waals surface area (Å²) in [4.78, 5) is 16.9. The number of nitrogens with zero attached hydrogens (tertiary/aromatic N) is 2. The Morgan fingerprint density at radius 3 is 2.79 bits per heavy atom. The van der Waals surface area contributed by atoms with Crippen molar-refractivity contribution in [3.63, 3.8) is 0 Å². The lowest BCUT2D eigenvalue weighted by Crippen LogP contribution is -2.51. The standard InChI is InChI=1S/C15H29N3O/c1-13-6-5-9-18(11-13)15(19)12-17-8-4-3-7-14(17)10-16-2/h13-14,16H,3-12H2,1-2H3. The van der Waals surface area contributed by atoms with E-state index in [4.69, 9.17) is 0 Å². The van der Waals surface area contributed by atoms with E-state index in [0.717, 1.165) is 26.2 Å². The fourth-order valence-electron chi connectivity index (χ4n) is 3.42. The molecule has 0 radical (unpaired) electrons. The lowest BCUT2D eigenvalue weighted by molar-refractivity contribution is -0.135. The van der Waals surface area contributed by atoms with E-state index >= 15 is 0 Å². The van der Waals surface area contributed by atoms with Gasteiger partial charge in [0.1, 0.15) is 0 Å². The molecule has 1 N–H and O–H groups in total. The molecule has 0 aliphatic carbocycles. The Balaban J connectivity index is 1.85. The van der Waals surface area contributed by atoms with Crippen LogP contribution in [0.15, 0.2) is 0 Å². The molecule has 2 rings (SSSR count). The van der Waals surface area contributed by atoms with Crippen LogP contribution >= 0.6 is 0 Å². The third-order valence-electron chi connectivity index (χ3n) is 4.54. The van der Waals surface area contributed by atoms with Gasteiger partial charge in [-0.25, -0.2) is 0 Å². The maximum Gasteiger partial charge on any atom is 0.236 e. The van der Waals surface area contributed by atoms with Gasteiger partial charge in [0.2, 0.25) is 5.91 Å². The molecule has 0 aromatic heterocycles. The summed E-state index contributed by atoms with van der Waals surface area (Å²) in [7, 11) is 2.00. The second-order valence-electron chi connectivity index (χ2n) is 6.26. The number of hydrogen-bond donors (Lipinski definition) is 1. The SMILES string of the molecule is CNCC1CCCCN1CC(=O)N1CCCC(C)C1. The summed E-state index contributed by atoms with van der Waals surface area (Å²) in [6.07, 6.45) is 6.22. The molecule has 2 aliphatic heterocycles. The van der Waals surface area contributed by atoms with Crippen LogP contribution in [0.2, 0.25) is 0 Å². The molecule has 0 aromatic rings. The molecule has 0 aromatic carbocycles. The Labute approximate surface area is 117 Å². The average Bonchev–Trinajstić information content (AvgIpc) is 2.41. The summed E-state index contributed by atoms with van der Waals surface area (Å²) in [6, 6.07) is 0.546. The Hall–Kier alpha value is -0.610. The molecule has 4 heteroatoms. The van der Waals surface area contributed by atoms with E-state index in [1.54, 1.807) is 0 Å². The van der Waals surface area contributed by atoms with E-state index in [-0.39, 0.29) is 0 Å². The van der Waals surface area contributed by atoms with Crippen molar-refractivity contribution < 1.29 is 4.79 Å². The molecule has 2 atom stereocenters. The first kappa shape index (κ1) is 14.8. The molecular weight excluding hydrogens is 238 g/mol. The first-order valence-electron chi connectivity index (χ1n) is 7.87. The summed E-state index contributed by atoms with van der Waals surface area (Å²) in [5.74, 6) is 1.02. The predicted octanol–water partition coefficient (Wildman–Crippen LogP) is 1.32. The zero-order valence-electron chi connectivity index (χ0n) is 12.5. The number of nitrogens with one attached hydrogen (secondary N) is 1. The molecular formula is C15H29N3O. The third kappa shape index (κ3) is 4.18. The van der Waals surface area contributed by atoms with Crippen molar-refractivity contribution in [3.05, 3.63) is 0 Å². The fraction of sp³-hybridized carbons (Fsp3) is 0.933. The average molecular weight is 267 g/mol. The monoisotopic (exact) mass is 267 g/mol. The van der Waals surface area contributed by atoms with Gasteiger partial charge in [0.15, 0.2) is 0 Å². The number of carbonyl (C=O) groups is 1. The Morgan fingerprint density at radius 1 is 1.21 bits per heavy atom. The topological polar surface area (TPSA) is 35.6 Å². The first-order valence-corrected chi connectivity index (χ1v) is 7.87. The molecule has 110 valence electrons.